The van der Waals surface area contributed by atoms with E-state index in [0.29, 0.717) is 16.9 Å². The molecule has 0 aliphatic rings. The molecule has 1 atom stereocenters. The van der Waals surface area contributed by atoms with Crippen LogP contribution in [0.2, 0.25) is 0 Å². The van der Waals surface area contributed by atoms with Crippen LogP contribution in [0.1, 0.15) is 33.1 Å². The maximum absolute atomic E-state index is 9.64. The predicted octanol–water partition coefficient (Wildman–Crippen LogP) is 1.36. The lowest BCUT2D eigenvalue weighted by Crippen LogP contribution is -2.39. The van der Waals surface area contributed by atoms with Gasteiger partial charge in [-0.2, -0.15) is 4.98 Å². The first-order chi connectivity index (χ1) is 9.58. The second-order valence-corrected chi connectivity index (χ2v) is 5.13. The molecular weight excluding hydrogens is 256 g/mol. The molecule has 0 aliphatic heterocycles. The van der Waals surface area contributed by atoms with E-state index in [9.17, 15) is 5.11 Å². The highest BCUT2D eigenvalue weighted by Crippen LogP contribution is 2.24. The summed E-state index contributed by atoms with van der Waals surface area (Å²) >= 11 is 0. The summed E-state index contributed by atoms with van der Waals surface area (Å²) in [7, 11) is 0. The lowest BCUT2D eigenvalue weighted by atomic mass is 9.96. The van der Waals surface area contributed by atoms with Crippen molar-refractivity contribution in [2.45, 2.75) is 38.6 Å². The highest BCUT2D eigenvalue weighted by molar-refractivity contribution is 5.85. The van der Waals surface area contributed by atoms with Gasteiger partial charge in [0.15, 0.2) is 5.82 Å². The van der Waals surface area contributed by atoms with Crippen molar-refractivity contribution in [2.24, 2.45) is 0 Å². The molecule has 7 nitrogen and oxygen atoms in total. The van der Waals surface area contributed by atoms with Crippen LogP contribution in [-0.2, 0) is 0 Å². The molecule has 0 radical (unpaired) electrons. The zero-order valence-electron chi connectivity index (χ0n) is 11.8. The Bertz CT molecular complexity index is 590. The van der Waals surface area contributed by atoms with Crippen LogP contribution >= 0.6 is 0 Å². The van der Waals surface area contributed by atoms with Crippen molar-refractivity contribution in [3.63, 3.8) is 0 Å². The van der Waals surface area contributed by atoms with Crippen LogP contribution in [0.3, 0.4) is 0 Å². The smallest absolute Gasteiger partial charge is 0.222 e. The van der Waals surface area contributed by atoms with Crippen molar-refractivity contribution >= 4 is 22.8 Å². The topological polar surface area (TPSA) is 110 Å². The number of nitrogens with zero attached hydrogens (tertiary/aromatic N) is 4. The van der Waals surface area contributed by atoms with Crippen molar-refractivity contribution in [1.82, 2.24) is 19.9 Å². The fourth-order valence-electron chi connectivity index (χ4n) is 2.02. The zero-order valence-corrected chi connectivity index (χ0v) is 11.8. The molecule has 2 aromatic heterocycles. The van der Waals surface area contributed by atoms with E-state index in [1.807, 2.05) is 6.92 Å². The molecule has 0 aliphatic carbocycles. The zero-order chi connectivity index (χ0) is 14.6. The molecule has 0 spiro atoms. The second-order valence-electron chi connectivity index (χ2n) is 5.13. The molecule has 2 aromatic rings. The minimum Gasteiger partial charge on any atom is -0.394 e. The van der Waals surface area contributed by atoms with Crippen LogP contribution in [0.25, 0.3) is 11.0 Å². The van der Waals surface area contributed by atoms with E-state index >= 15 is 0 Å². The van der Waals surface area contributed by atoms with E-state index in [2.05, 4.69) is 32.2 Å². The van der Waals surface area contributed by atoms with E-state index in [4.69, 9.17) is 5.73 Å². The fourth-order valence-corrected chi connectivity index (χ4v) is 2.02. The van der Waals surface area contributed by atoms with E-state index in [1.54, 1.807) is 6.20 Å². The van der Waals surface area contributed by atoms with Gasteiger partial charge >= 0.3 is 0 Å². The van der Waals surface area contributed by atoms with Gasteiger partial charge in [-0.05, 0) is 13.3 Å². The lowest BCUT2D eigenvalue weighted by Gasteiger charge is -2.29. The van der Waals surface area contributed by atoms with Crippen LogP contribution in [0.4, 0.5) is 11.8 Å². The number of aromatic nitrogens is 4. The number of hydrogen-bond donors (Lipinski definition) is 3. The van der Waals surface area contributed by atoms with Crippen molar-refractivity contribution in [3.8, 4) is 0 Å². The number of aliphatic hydroxyl groups excluding tert-OH is 1. The summed E-state index contributed by atoms with van der Waals surface area (Å²) < 4.78 is 0. The van der Waals surface area contributed by atoms with Gasteiger partial charge in [-0.3, -0.25) is 0 Å². The number of aliphatic hydroxyl groups is 1. The number of fused-ring (bicyclic) bond motifs is 1. The van der Waals surface area contributed by atoms with Crippen molar-refractivity contribution < 1.29 is 5.11 Å². The second kappa shape index (κ2) is 5.96. The summed E-state index contributed by atoms with van der Waals surface area (Å²) in [6.45, 7) is 4.07. The van der Waals surface area contributed by atoms with Crippen molar-refractivity contribution in [2.75, 3.05) is 17.7 Å². The number of nitrogens with two attached hydrogens (primary N) is 1. The molecule has 4 N–H and O–H groups in total. The highest BCUT2D eigenvalue weighted by atomic mass is 16.3. The summed E-state index contributed by atoms with van der Waals surface area (Å²) in [4.78, 5) is 16.4. The molecule has 0 aromatic carbocycles. The van der Waals surface area contributed by atoms with Gasteiger partial charge in [-0.25, -0.2) is 15.0 Å². The van der Waals surface area contributed by atoms with E-state index in [-0.39, 0.29) is 12.6 Å². The van der Waals surface area contributed by atoms with Gasteiger partial charge in [0.1, 0.15) is 17.4 Å². The maximum atomic E-state index is 9.64. The molecule has 0 bridgehead atoms. The van der Waals surface area contributed by atoms with Crippen LogP contribution in [0.5, 0.6) is 0 Å². The number of nitrogens with one attached hydrogen (secondary N) is 1. The molecule has 20 heavy (non-hydrogen) atoms. The minimum absolute atomic E-state index is 0.00346. The van der Waals surface area contributed by atoms with Crippen LogP contribution in [-0.4, -0.2) is 37.2 Å². The molecule has 2 rings (SSSR count). The minimum atomic E-state index is -0.464. The maximum Gasteiger partial charge on any atom is 0.222 e. The first kappa shape index (κ1) is 14.4. The average Bonchev–Trinajstić information content (AvgIpc) is 2.45. The molecule has 108 valence electrons. The molecule has 0 amide bonds. The quantitative estimate of drug-likeness (QED) is 0.730. The number of nitrogen functional groups attached to an aromatic ring is 1. The summed E-state index contributed by atoms with van der Waals surface area (Å²) in [5, 5.41) is 12.9. The lowest BCUT2D eigenvalue weighted by molar-refractivity contribution is 0.212. The number of rotatable bonds is 6. The molecule has 2 heterocycles. The third kappa shape index (κ3) is 3.11. The van der Waals surface area contributed by atoms with Gasteiger partial charge in [-0.15, -0.1) is 0 Å². The van der Waals surface area contributed by atoms with Gasteiger partial charge in [0.2, 0.25) is 5.95 Å². The standard InChI is InChI=1S/C13H20N6O/c1-3-4-5-13(2,7-20)19-11-10-9(6-15-8-16-10)17-12(14)18-11/h6,8,20H,3-5,7H2,1-2H3,(H3,14,17,18,19)/t13-/m1/s1. The molecule has 0 saturated heterocycles. The Balaban J connectivity index is 2.36. The Labute approximate surface area is 117 Å². The SMILES string of the molecule is CCCC[C@](C)(CO)Nc1nc(N)nc2cncnc12. The van der Waals surface area contributed by atoms with Crippen molar-refractivity contribution in [1.29, 1.82) is 0 Å². The number of hydrogen-bond acceptors (Lipinski definition) is 7. The van der Waals surface area contributed by atoms with E-state index in [1.165, 1.54) is 6.33 Å². The number of anilines is 2. The monoisotopic (exact) mass is 276 g/mol. The van der Waals surface area contributed by atoms with Crippen LogP contribution in [0.15, 0.2) is 12.5 Å². The highest BCUT2D eigenvalue weighted by Gasteiger charge is 2.24. The summed E-state index contributed by atoms with van der Waals surface area (Å²) in [5.74, 6) is 0.688. The molecular formula is C13H20N6O. The normalized spacial score (nSPS) is 14.2. The molecule has 7 heteroatoms. The Kier molecular flexibility index (Phi) is 4.29. The summed E-state index contributed by atoms with van der Waals surface area (Å²) in [6.07, 6.45) is 5.93. The Morgan fingerprint density at radius 3 is 2.90 bits per heavy atom. The molecule has 0 saturated carbocycles. The third-order valence-electron chi connectivity index (χ3n) is 3.23. The van der Waals surface area contributed by atoms with Gasteiger partial charge in [0, 0.05) is 0 Å². The van der Waals surface area contributed by atoms with Gasteiger partial charge in [-0.1, -0.05) is 19.8 Å². The van der Waals surface area contributed by atoms with Gasteiger partial charge in [0.25, 0.3) is 0 Å². The largest absolute Gasteiger partial charge is 0.394 e. The average molecular weight is 276 g/mol. The van der Waals surface area contributed by atoms with Crippen LogP contribution < -0.4 is 11.1 Å². The summed E-state index contributed by atoms with van der Waals surface area (Å²) in [6, 6.07) is 0. The Morgan fingerprint density at radius 1 is 1.40 bits per heavy atom. The fraction of sp³-hybridized carbons (Fsp3) is 0.538. The van der Waals surface area contributed by atoms with E-state index in [0.717, 1.165) is 19.3 Å². The van der Waals surface area contributed by atoms with Crippen LogP contribution in [0, 0.1) is 0 Å². The van der Waals surface area contributed by atoms with E-state index < -0.39 is 5.54 Å². The Hall–Kier alpha value is -2.02. The van der Waals surface area contributed by atoms with Gasteiger partial charge in [0.05, 0.1) is 18.3 Å². The predicted molar refractivity (Wildman–Crippen MR) is 78.2 cm³/mol. The number of unbranched alkanes of at least 4 members (excludes halogenated alkanes) is 1. The first-order valence-electron chi connectivity index (χ1n) is 6.70. The van der Waals surface area contributed by atoms with Crippen molar-refractivity contribution in [3.05, 3.63) is 12.5 Å². The molecule has 0 fully saturated rings. The summed E-state index contributed by atoms with van der Waals surface area (Å²) in [5.41, 5.74) is 6.43. The Morgan fingerprint density at radius 2 is 2.20 bits per heavy atom. The third-order valence-corrected chi connectivity index (χ3v) is 3.23. The molecule has 0 unspecified atom stereocenters. The van der Waals surface area contributed by atoms with Gasteiger partial charge < -0.3 is 16.2 Å². The first-order valence-corrected chi connectivity index (χ1v) is 6.70.